The van der Waals surface area contributed by atoms with Gasteiger partial charge in [0.15, 0.2) is 0 Å². The molecule has 0 spiro atoms. The fraction of sp³-hybridized carbons (Fsp3) is 0.353. The Bertz CT molecular complexity index is 830. The monoisotopic (exact) mass is 365 g/mol. The van der Waals surface area contributed by atoms with Gasteiger partial charge in [-0.25, -0.2) is 4.31 Å². The molecule has 0 radical (unpaired) electrons. The van der Waals surface area contributed by atoms with Crippen molar-refractivity contribution in [1.82, 2.24) is 9.62 Å². The lowest BCUT2D eigenvalue weighted by Crippen LogP contribution is -2.46. The van der Waals surface area contributed by atoms with E-state index in [4.69, 9.17) is 4.42 Å². The van der Waals surface area contributed by atoms with Crippen molar-refractivity contribution in [2.75, 3.05) is 24.9 Å². The molecule has 2 aromatic rings. The minimum absolute atomic E-state index is 0.203. The van der Waals surface area contributed by atoms with Gasteiger partial charge in [0.1, 0.15) is 12.3 Å². The molecule has 1 heterocycles. The van der Waals surface area contributed by atoms with Crippen molar-refractivity contribution in [3.8, 4) is 0 Å². The molecule has 1 N–H and O–H groups in total. The number of benzene rings is 1. The van der Waals surface area contributed by atoms with Crippen LogP contribution in [-0.4, -0.2) is 39.3 Å². The summed E-state index contributed by atoms with van der Waals surface area (Å²) in [5.74, 6) is 0.185. The lowest BCUT2D eigenvalue weighted by Gasteiger charge is -2.28. The molecule has 0 bridgehead atoms. The van der Waals surface area contributed by atoms with Crippen molar-refractivity contribution >= 4 is 21.8 Å². The molecule has 0 aliphatic heterocycles. The standard InChI is InChI=1S/C17H23N3O4S/c1-13-7-8-14(2)16(10-13)20(25(22,23)19(3)4)12-17(21)18-11-15-6-5-9-24-15/h5-10H,11-12H2,1-4H3,(H,18,21). The second kappa shape index (κ2) is 7.71. The van der Waals surface area contributed by atoms with E-state index in [1.165, 1.54) is 20.4 Å². The maximum Gasteiger partial charge on any atom is 0.304 e. The van der Waals surface area contributed by atoms with Crippen LogP contribution in [0.1, 0.15) is 16.9 Å². The molecule has 1 aromatic carbocycles. The molecule has 0 saturated heterocycles. The summed E-state index contributed by atoms with van der Waals surface area (Å²) >= 11 is 0. The van der Waals surface area contributed by atoms with Crippen molar-refractivity contribution in [2.45, 2.75) is 20.4 Å². The van der Waals surface area contributed by atoms with E-state index in [1.54, 1.807) is 18.2 Å². The van der Waals surface area contributed by atoms with Crippen molar-refractivity contribution in [2.24, 2.45) is 0 Å². The molecule has 0 atom stereocenters. The minimum atomic E-state index is -3.82. The first-order valence-corrected chi connectivity index (χ1v) is 9.18. The summed E-state index contributed by atoms with van der Waals surface area (Å²) in [5.41, 5.74) is 2.17. The van der Waals surface area contributed by atoms with Gasteiger partial charge in [0.25, 0.3) is 0 Å². The third kappa shape index (κ3) is 4.61. The fourth-order valence-corrected chi connectivity index (χ4v) is 3.38. The first-order chi connectivity index (χ1) is 11.7. The normalized spacial score (nSPS) is 11.6. The summed E-state index contributed by atoms with van der Waals surface area (Å²) < 4.78 is 32.8. The molecule has 0 fully saturated rings. The Labute approximate surface area is 148 Å². The summed E-state index contributed by atoms with van der Waals surface area (Å²) in [6, 6.07) is 8.95. The van der Waals surface area contributed by atoms with E-state index in [-0.39, 0.29) is 13.1 Å². The van der Waals surface area contributed by atoms with Crippen LogP contribution in [0.15, 0.2) is 41.0 Å². The van der Waals surface area contributed by atoms with Gasteiger partial charge < -0.3 is 9.73 Å². The van der Waals surface area contributed by atoms with Crippen LogP contribution in [0.2, 0.25) is 0 Å². The van der Waals surface area contributed by atoms with Gasteiger partial charge in [0.2, 0.25) is 5.91 Å². The molecule has 1 aromatic heterocycles. The van der Waals surface area contributed by atoms with Gasteiger partial charge in [-0.3, -0.25) is 4.79 Å². The Hall–Kier alpha value is -2.32. The number of rotatable bonds is 7. The van der Waals surface area contributed by atoms with Gasteiger partial charge in [-0.1, -0.05) is 12.1 Å². The van der Waals surface area contributed by atoms with Gasteiger partial charge in [0, 0.05) is 14.1 Å². The first-order valence-electron chi connectivity index (χ1n) is 7.78. The van der Waals surface area contributed by atoms with Crippen molar-refractivity contribution < 1.29 is 17.6 Å². The largest absolute Gasteiger partial charge is 0.467 e. The number of nitrogens with zero attached hydrogens (tertiary/aromatic N) is 2. The highest BCUT2D eigenvalue weighted by atomic mass is 32.2. The molecule has 0 aliphatic rings. The number of amides is 1. The van der Waals surface area contributed by atoms with Crippen LogP contribution in [0.4, 0.5) is 5.69 Å². The quantitative estimate of drug-likeness (QED) is 0.811. The topological polar surface area (TPSA) is 82.9 Å². The van der Waals surface area contributed by atoms with Crippen LogP contribution in [0.3, 0.4) is 0 Å². The lowest BCUT2D eigenvalue weighted by atomic mass is 10.1. The second-order valence-corrected chi connectivity index (χ2v) is 8.01. The average molecular weight is 365 g/mol. The van der Waals surface area contributed by atoms with Crippen molar-refractivity contribution in [1.29, 1.82) is 0 Å². The smallest absolute Gasteiger partial charge is 0.304 e. The number of aryl methyl sites for hydroxylation is 2. The molecule has 25 heavy (non-hydrogen) atoms. The van der Waals surface area contributed by atoms with Crippen molar-refractivity contribution in [3.05, 3.63) is 53.5 Å². The van der Waals surface area contributed by atoms with Gasteiger partial charge in [0.05, 0.1) is 18.5 Å². The Balaban J connectivity index is 2.26. The van der Waals surface area contributed by atoms with Gasteiger partial charge in [-0.15, -0.1) is 0 Å². The lowest BCUT2D eigenvalue weighted by molar-refractivity contribution is -0.119. The zero-order valence-corrected chi connectivity index (χ0v) is 15.6. The summed E-state index contributed by atoms with van der Waals surface area (Å²) in [5, 5.41) is 2.67. The minimum Gasteiger partial charge on any atom is -0.467 e. The highest BCUT2D eigenvalue weighted by Crippen LogP contribution is 2.25. The highest BCUT2D eigenvalue weighted by molar-refractivity contribution is 7.90. The number of hydrogen-bond acceptors (Lipinski definition) is 4. The number of carbonyl (C=O) groups excluding carboxylic acids is 1. The first kappa shape index (κ1) is 19.0. The predicted molar refractivity (Wildman–Crippen MR) is 96.4 cm³/mol. The number of furan rings is 1. The van der Waals surface area contributed by atoms with E-state index in [9.17, 15) is 13.2 Å². The maximum absolute atomic E-state index is 12.7. The molecule has 0 aliphatic carbocycles. The predicted octanol–water partition coefficient (Wildman–Crippen LogP) is 1.83. The van der Waals surface area contributed by atoms with Crippen LogP contribution >= 0.6 is 0 Å². The molecule has 0 unspecified atom stereocenters. The van der Waals surface area contributed by atoms with E-state index in [0.717, 1.165) is 19.7 Å². The van der Waals surface area contributed by atoms with E-state index < -0.39 is 16.1 Å². The van der Waals surface area contributed by atoms with Gasteiger partial charge in [-0.2, -0.15) is 12.7 Å². The Kier molecular flexibility index (Phi) is 5.86. The van der Waals surface area contributed by atoms with Gasteiger partial charge in [-0.05, 0) is 43.2 Å². The number of hydrogen-bond donors (Lipinski definition) is 1. The molecule has 8 heteroatoms. The summed E-state index contributed by atoms with van der Waals surface area (Å²) in [6.07, 6.45) is 1.51. The third-order valence-electron chi connectivity index (χ3n) is 3.70. The Morgan fingerprint density at radius 1 is 1.20 bits per heavy atom. The molecule has 0 saturated carbocycles. The van der Waals surface area contributed by atoms with E-state index in [0.29, 0.717) is 11.4 Å². The highest BCUT2D eigenvalue weighted by Gasteiger charge is 2.28. The Morgan fingerprint density at radius 3 is 2.52 bits per heavy atom. The number of carbonyl (C=O) groups is 1. The second-order valence-electron chi connectivity index (χ2n) is 5.94. The number of nitrogens with one attached hydrogen (secondary N) is 1. The van der Waals surface area contributed by atoms with Crippen LogP contribution in [-0.2, 0) is 21.5 Å². The zero-order valence-electron chi connectivity index (χ0n) is 14.8. The third-order valence-corrected chi connectivity index (χ3v) is 5.51. The summed E-state index contributed by atoms with van der Waals surface area (Å²) in [6.45, 7) is 3.58. The molecular formula is C17H23N3O4S. The van der Waals surface area contributed by atoms with Crippen molar-refractivity contribution in [3.63, 3.8) is 0 Å². The SMILES string of the molecule is Cc1ccc(C)c(N(CC(=O)NCc2ccco2)S(=O)(=O)N(C)C)c1. The fourth-order valence-electron chi connectivity index (χ4n) is 2.26. The van der Waals surface area contributed by atoms with Crippen LogP contribution in [0.5, 0.6) is 0 Å². The molecule has 7 nitrogen and oxygen atoms in total. The average Bonchev–Trinajstić information content (AvgIpc) is 3.06. The molecular weight excluding hydrogens is 342 g/mol. The Morgan fingerprint density at radius 2 is 1.92 bits per heavy atom. The summed E-state index contributed by atoms with van der Waals surface area (Å²) in [4.78, 5) is 12.3. The van der Waals surface area contributed by atoms with Crippen LogP contribution in [0.25, 0.3) is 0 Å². The molecule has 1 amide bonds. The zero-order chi connectivity index (χ0) is 18.6. The van der Waals surface area contributed by atoms with E-state index >= 15 is 0 Å². The van der Waals surface area contributed by atoms with Crippen LogP contribution < -0.4 is 9.62 Å². The maximum atomic E-state index is 12.7. The molecule has 136 valence electrons. The number of anilines is 1. The molecule has 2 rings (SSSR count). The summed E-state index contributed by atoms with van der Waals surface area (Å²) in [7, 11) is -0.939. The van der Waals surface area contributed by atoms with Crippen LogP contribution in [0, 0.1) is 13.8 Å². The van der Waals surface area contributed by atoms with E-state index in [1.807, 2.05) is 26.0 Å². The van der Waals surface area contributed by atoms with Gasteiger partial charge >= 0.3 is 10.2 Å². The van der Waals surface area contributed by atoms with E-state index in [2.05, 4.69) is 5.32 Å².